The van der Waals surface area contributed by atoms with Gasteiger partial charge in [0.1, 0.15) is 5.82 Å². The largest absolute Gasteiger partial charge is 0.388 e. The monoisotopic (exact) mass is 281 g/mol. The molecular formula is C16H24FNO2. The normalized spacial score (nSPS) is 21.9. The number of aliphatic hydroxyl groups excluding tert-OH is 1. The Morgan fingerprint density at radius 2 is 2.30 bits per heavy atom. The van der Waals surface area contributed by atoms with Gasteiger partial charge < -0.3 is 9.84 Å². The molecule has 0 amide bonds. The molecule has 1 aromatic rings. The van der Waals surface area contributed by atoms with E-state index in [-0.39, 0.29) is 5.82 Å². The van der Waals surface area contributed by atoms with Crippen molar-refractivity contribution < 1.29 is 14.2 Å². The molecule has 2 atom stereocenters. The predicted octanol–water partition coefficient (Wildman–Crippen LogP) is 2.67. The molecule has 1 heterocycles. The Hall–Kier alpha value is -0.970. The summed E-state index contributed by atoms with van der Waals surface area (Å²) in [6.07, 6.45) is 1.34. The van der Waals surface area contributed by atoms with Crippen molar-refractivity contribution in [1.29, 1.82) is 0 Å². The maximum absolute atomic E-state index is 13.5. The van der Waals surface area contributed by atoms with Gasteiger partial charge in [0, 0.05) is 19.6 Å². The zero-order chi connectivity index (χ0) is 14.5. The molecule has 0 spiro atoms. The topological polar surface area (TPSA) is 32.7 Å². The molecule has 1 aromatic carbocycles. The van der Waals surface area contributed by atoms with E-state index in [2.05, 4.69) is 11.8 Å². The van der Waals surface area contributed by atoms with Crippen LogP contribution in [0.3, 0.4) is 0 Å². The highest BCUT2D eigenvalue weighted by Gasteiger charge is 2.19. The van der Waals surface area contributed by atoms with Crippen LogP contribution in [0.2, 0.25) is 0 Å². The highest BCUT2D eigenvalue weighted by atomic mass is 19.1. The lowest BCUT2D eigenvalue weighted by atomic mass is 10.0. The van der Waals surface area contributed by atoms with Gasteiger partial charge in [-0.2, -0.15) is 0 Å². The van der Waals surface area contributed by atoms with Crippen LogP contribution in [0.4, 0.5) is 4.39 Å². The van der Waals surface area contributed by atoms with Crippen LogP contribution in [0, 0.1) is 12.7 Å². The fourth-order valence-corrected chi connectivity index (χ4v) is 2.52. The second-order valence-corrected chi connectivity index (χ2v) is 5.51. The first-order chi connectivity index (χ1) is 9.60. The minimum atomic E-state index is -0.604. The third kappa shape index (κ3) is 4.01. The van der Waals surface area contributed by atoms with Gasteiger partial charge in [-0.1, -0.05) is 19.1 Å². The quantitative estimate of drug-likeness (QED) is 0.900. The number of halogens is 1. The highest BCUT2D eigenvalue weighted by Crippen LogP contribution is 2.20. The van der Waals surface area contributed by atoms with Crippen LogP contribution in [0.5, 0.6) is 0 Å². The highest BCUT2D eigenvalue weighted by molar-refractivity contribution is 5.24. The number of rotatable bonds is 5. The van der Waals surface area contributed by atoms with Gasteiger partial charge in [-0.3, -0.25) is 4.90 Å². The second kappa shape index (κ2) is 7.16. The van der Waals surface area contributed by atoms with E-state index < -0.39 is 6.10 Å². The summed E-state index contributed by atoms with van der Waals surface area (Å²) in [5.41, 5.74) is 1.27. The molecule has 1 aliphatic heterocycles. The van der Waals surface area contributed by atoms with Gasteiger partial charge >= 0.3 is 0 Å². The number of aryl methyl sites for hydroxylation is 1. The Bertz CT molecular complexity index is 438. The average Bonchev–Trinajstić information content (AvgIpc) is 2.47. The van der Waals surface area contributed by atoms with Crippen molar-refractivity contribution in [3.05, 3.63) is 35.1 Å². The van der Waals surface area contributed by atoms with E-state index >= 15 is 0 Å². The van der Waals surface area contributed by atoms with Gasteiger partial charge in [-0.05, 0) is 37.0 Å². The van der Waals surface area contributed by atoms with Crippen LogP contribution in [0.25, 0.3) is 0 Å². The first-order valence-electron chi connectivity index (χ1n) is 7.38. The number of morpholine rings is 1. The minimum absolute atomic E-state index is 0.251. The summed E-state index contributed by atoms with van der Waals surface area (Å²) in [5, 5.41) is 10.2. The van der Waals surface area contributed by atoms with Crippen LogP contribution in [-0.4, -0.2) is 42.4 Å². The van der Waals surface area contributed by atoms with Gasteiger partial charge in [-0.25, -0.2) is 4.39 Å². The van der Waals surface area contributed by atoms with Crippen LogP contribution in [0.15, 0.2) is 18.2 Å². The van der Waals surface area contributed by atoms with Crippen LogP contribution in [0.1, 0.15) is 37.0 Å². The number of aliphatic hydroxyl groups is 1. The fourth-order valence-electron chi connectivity index (χ4n) is 2.52. The fraction of sp³-hybridized carbons (Fsp3) is 0.625. The molecule has 0 aliphatic carbocycles. The van der Waals surface area contributed by atoms with E-state index in [0.29, 0.717) is 23.7 Å². The lowest BCUT2D eigenvalue weighted by molar-refractivity contribution is -0.0330. The molecule has 112 valence electrons. The summed E-state index contributed by atoms with van der Waals surface area (Å²) in [6.45, 7) is 7.25. The lowest BCUT2D eigenvalue weighted by Crippen LogP contribution is -2.42. The summed E-state index contributed by atoms with van der Waals surface area (Å²) >= 11 is 0. The third-order valence-corrected chi connectivity index (χ3v) is 3.98. The second-order valence-electron chi connectivity index (χ2n) is 5.51. The summed E-state index contributed by atoms with van der Waals surface area (Å²) in [5.74, 6) is -0.251. The summed E-state index contributed by atoms with van der Waals surface area (Å²) < 4.78 is 19.1. The van der Waals surface area contributed by atoms with E-state index in [1.54, 1.807) is 19.1 Å². The third-order valence-electron chi connectivity index (χ3n) is 3.98. The summed E-state index contributed by atoms with van der Waals surface area (Å²) in [7, 11) is 0. The first-order valence-corrected chi connectivity index (χ1v) is 7.38. The van der Waals surface area contributed by atoms with Gasteiger partial charge in [0.2, 0.25) is 0 Å². The molecule has 4 heteroatoms. The zero-order valence-electron chi connectivity index (χ0n) is 12.3. The molecule has 0 aromatic heterocycles. The van der Waals surface area contributed by atoms with Crippen molar-refractivity contribution >= 4 is 0 Å². The molecule has 1 saturated heterocycles. The Labute approximate surface area is 120 Å². The molecule has 1 aliphatic rings. The Morgan fingerprint density at radius 1 is 1.50 bits per heavy atom. The van der Waals surface area contributed by atoms with E-state index in [9.17, 15) is 9.50 Å². The van der Waals surface area contributed by atoms with Crippen LogP contribution >= 0.6 is 0 Å². The van der Waals surface area contributed by atoms with Crippen molar-refractivity contribution in [2.24, 2.45) is 0 Å². The van der Waals surface area contributed by atoms with E-state index in [4.69, 9.17) is 4.74 Å². The van der Waals surface area contributed by atoms with Crippen molar-refractivity contribution in [3.63, 3.8) is 0 Å². The lowest BCUT2D eigenvalue weighted by Gasteiger charge is -2.32. The van der Waals surface area contributed by atoms with E-state index in [1.165, 1.54) is 6.07 Å². The molecule has 3 nitrogen and oxygen atoms in total. The average molecular weight is 281 g/mol. The zero-order valence-corrected chi connectivity index (χ0v) is 12.3. The molecule has 0 bridgehead atoms. The van der Waals surface area contributed by atoms with Crippen LogP contribution in [-0.2, 0) is 4.74 Å². The number of ether oxygens (including phenoxy) is 1. The molecule has 0 saturated carbocycles. The Balaban J connectivity index is 1.85. The number of hydrogen-bond acceptors (Lipinski definition) is 3. The maximum Gasteiger partial charge on any atom is 0.126 e. The SMILES string of the molecule is CCC1CN(CCC(O)c2ccc(C)c(F)c2)CCO1. The molecular weight excluding hydrogens is 257 g/mol. The minimum Gasteiger partial charge on any atom is -0.388 e. The number of nitrogens with zero attached hydrogens (tertiary/aromatic N) is 1. The Morgan fingerprint density at radius 3 is 3.00 bits per heavy atom. The Kier molecular flexibility index (Phi) is 5.52. The molecule has 2 unspecified atom stereocenters. The molecule has 2 rings (SSSR count). The van der Waals surface area contributed by atoms with Crippen molar-refractivity contribution in [2.75, 3.05) is 26.2 Å². The maximum atomic E-state index is 13.5. The van der Waals surface area contributed by atoms with E-state index in [1.807, 2.05) is 0 Å². The smallest absolute Gasteiger partial charge is 0.126 e. The van der Waals surface area contributed by atoms with E-state index in [0.717, 1.165) is 32.7 Å². The first kappa shape index (κ1) is 15.4. The van der Waals surface area contributed by atoms with Gasteiger partial charge in [-0.15, -0.1) is 0 Å². The van der Waals surface area contributed by atoms with Crippen molar-refractivity contribution in [3.8, 4) is 0 Å². The van der Waals surface area contributed by atoms with Gasteiger partial charge in [0.25, 0.3) is 0 Å². The number of benzene rings is 1. The molecule has 20 heavy (non-hydrogen) atoms. The predicted molar refractivity (Wildman–Crippen MR) is 77.2 cm³/mol. The van der Waals surface area contributed by atoms with Crippen molar-refractivity contribution in [2.45, 2.75) is 38.9 Å². The summed E-state index contributed by atoms with van der Waals surface area (Å²) in [6, 6.07) is 4.96. The summed E-state index contributed by atoms with van der Waals surface area (Å²) in [4.78, 5) is 2.31. The molecule has 0 radical (unpaired) electrons. The number of hydrogen-bond donors (Lipinski definition) is 1. The molecule has 1 fully saturated rings. The van der Waals surface area contributed by atoms with Gasteiger partial charge in [0.05, 0.1) is 18.8 Å². The van der Waals surface area contributed by atoms with Crippen molar-refractivity contribution in [1.82, 2.24) is 4.90 Å². The van der Waals surface area contributed by atoms with Gasteiger partial charge in [0.15, 0.2) is 0 Å². The molecule has 1 N–H and O–H groups in total. The van der Waals surface area contributed by atoms with Crippen LogP contribution < -0.4 is 0 Å². The standard InChI is InChI=1S/C16H24FNO2/c1-3-14-11-18(8-9-20-14)7-6-16(19)13-5-4-12(2)15(17)10-13/h4-5,10,14,16,19H,3,6-9,11H2,1-2H3.